The van der Waals surface area contributed by atoms with E-state index in [9.17, 15) is 14.4 Å². The Morgan fingerprint density at radius 1 is 0.971 bits per heavy atom. The van der Waals surface area contributed by atoms with Gasteiger partial charge in [-0.2, -0.15) is 11.3 Å². The smallest absolute Gasteiger partial charge is 0.272 e. The van der Waals surface area contributed by atoms with Crippen LogP contribution in [0.3, 0.4) is 0 Å². The minimum atomic E-state index is -0.454. The average Bonchev–Trinajstić information content (AvgIpc) is 3.58. The molecule has 3 amide bonds. The third-order valence-electron chi connectivity index (χ3n) is 4.52. The van der Waals surface area contributed by atoms with Crippen LogP contribution in [0.25, 0.3) is 6.08 Å². The first-order chi connectivity index (χ1) is 17.1. The van der Waals surface area contributed by atoms with Crippen molar-refractivity contribution in [2.24, 2.45) is 0 Å². The Balaban J connectivity index is 1.42. The van der Waals surface area contributed by atoms with E-state index in [-0.39, 0.29) is 23.3 Å². The fourth-order valence-corrected chi connectivity index (χ4v) is 4.84. The molecule has 0 aliphatic carbocycles. The summed E-state index contributed by atoms with van der Waals surface area (Å²) in [5, 5.41) is 14.4. The summed E-state index contributed by atoms with van der Waals surface area (Å²) in [6.07, 6.45) is 3.26. The molecular weight excluding hydrogens is 501 g/mol. The van der Waals surface area contributed by atoms with E-state index in [0.29, 0.717) is 16.4 Å². The van der Waals surface area contributed by atoms with Crippen LogP contribution in [0.1, 0.15) is 15.9 Å². The first kappa shape index (κ1) is 24.4. The van der Waals surface area contributed by atoms with E-state index >= 15 is 0 Å². The van der Waals surface area contributed by atoms with Crippen LogP contribution in [-0.2, 0) is 9.59 Å². The highest BCUT2D eigenvalue weighted by atomic mass is 32.2. The molecule has 0 spiro atoms. The highest BCUT2D eigenvalue weighted by molar-refractivity contribution is 8.00. The maximum absolute atomic E-state index is 13.1. The molecule has 2 aromatic heterocycles. The molecule has 0 bridgehead atoms. The summed E-state index contributed by atoms with van der Waals surface area (Å²) < 4.78 is 0. The SMILES string of the molecule is O=C(CSc1cccc(NC(=O)/C(=C/c2ccsc2)NC(=O)c2ccccc2)c1)Nc1nccs1. The molecule has 0 radical (unpaired) electrons. The van der Waals surface area contributed by atoms with Crippen LogP contribution in [0, 0.1) is 0 Å². The highest BCUT2D eigenvalue weighted by Crippen LogP contribution is 2.23. The van der Waals surface area contributed by atoms with E-state index in [1.165, 1.54) is 34.4 Å². The highest BCUT2D eigenvalue weighted by Gasteiger charge is 2.15. The van der Waals surface area contributed by atoms with Gasteiger partial charge in [-0.1, -0.05) is 24.3 Å². The predicted octanol–water partition coefficient (Wildman–Crippen LogP) is 5.35. The molecule has 7 nitrogen and oxygen atoms in total. The molecule has 0 saturated heterocycles. The van der Waals surface area contributed by atoms with Gasteiger partial charge < -0.3 is 16.0 Å². The lowest BCUT2D eigenvalue weighted by Crippen LogP contribution is -2.30. The maximum Gasteiger partial charge on any atom is 0.272 e. The van der Waals surface area contributed by atoms with Crippen molar-refractivity contribution in [3.8, 4) is 0 Å². The van der Waals surface area contributed by atoms with Gasteiger partial charge in [0.1, 0.15) is 5.70 Å². The van der Waals surface area contributed by atoms with Crippen LogP contribution in [-0.4, -0.2) is 28.5 Å². The number of nitrogens with zero attached hydrogens (tertiary/aromatic N) is 1. The van der Waals surface area contributed by atoms with Crippen molar-refractivity contribution < 1.29 is 14.4 Å². The van der Waals surface area contributed by atoms with Gasteiger partial charge in [-0.25, -0.2) is 4.98 Å². The van der Waals surface area contributed by atoms with Crippen molar-refractivity contribution in [2.75, 3.05) is 16.4 Å². The first-order valence-corrected chi connectivity index (χ1v) is 13.2. The topological polar surface area (TPSA) is 100 Å². The van der Waals surface area contributed by atoms with Gasteiger partial charge in [0.2, 0.25) is 5.91 Å². The van der Waals surface area contributed by atoms with Gasteiger partial charge in [0.25, 0.3) is 11.8 Å². The number of amides is 3. The molecule has 35 heavy (non-hydrogen) atoms. The normalized spacial score (nSPS) is 11.0. The Kier molecular flexibility index (Phi) is 8.44. The zero-order chi connectivity index (χ0) is 24.5. The number of thiophene rings is 1. The number of carbonyl (C=O) groups excluding carboxylic acids is 3. The number of benzene rings is 2. The van der Waals surface area contributed by atoms with Gasteiger partial charge in [-0.05, 0) is 58.8 Å². The molecule has 2 aromatic carbocycles. The van der Waals surface area contributed by atoms with E-state index in [1.807, 2.05) is 29.0 Å². The zero-order valence-corrected chi connectivity index (χ0v) is 20.7. The van der Waals surface area contributed by atoms with Gasteiger partial charge in [-0.3, -0.25) is 14.4 Å². The van der Waals surface area contributed by atoms with Gasteiger partial charge in [0.05, 0.1) is 5.75 Å². The van der Waals surface area contributed by atoms with Crippen LogP contribution in [0.2, 0.25) is 0 Å². The third kappa shape index (κ3) is 7.38. The summed E-state index contributed by atoms with van der Waals surface area (Å²) in [7, 11) is 0. The molecule has 176 valence electrons. The molecule has 4 rings (SSSR count). The van der Waals surface area contributed by atoms with Gasteiger partial charge in [0, 0.05) is 27.7 Å². The Bertz CT molecular complexity index is 1320. The van der Waals surface area contributed by atoms with Crippen LogP contribution >= 0.6 is 34.4 Å². The fourth-order valence-electron chi connectivity index (χ4n) is 2.92. The molecule has 0 aliphatic heterocycles. The summed E-state index contributed by atoms with van der Waals surface area (Å²) in [5.74, 6) is -0.793. The van der Waals surface area contributed by atoms with Crippen molar-refractivity contribution in [1.29, 1.82) is 0 Å². The second kappa shape index (κ2) is 12.1. The zero-order valence-electron chi connectivity index (χ0n) is 18.3. The Morgan fingerprint density at radius 3 is 2.57 bits per heavy atom. The van der Waals surface area contributed by atoms with E-state index in [1.54, 1.807) is 60.1 Å². The van der Waals surface area contributed by atoms with Gasteiger partial charge in [0.15, 0.2) is 5.13 Å². The summed E-state index contributed by atoms with van der Waals surface area (Å²) in [4.78, 5) is 42.8. The number of hydrogen-bond donors (Lipinski definition) is 3. The Hall–Kier alpha value is -3.73. The summed E-state index contributed by atoms with van der Waals surface area (Å²) in [6.45, 7) is 0. The molecule has 0 atom stereocenters. The van der Waals surface area contributed by atoms with Gasteiger partial charge >= 0.3 is 0 Å². The lowest BCUT2D eigenvalue weighted by molar-refractivity contribution is -0.114. The number of thioether (sulfide) groups is 1. The molecule has 10 heteroatoms. The molecular formula is C25H20N4O3S3. The van der Waals surface area contributed by atoms with E-state index in [2.05, 4.69) is 20.9 Å². The maximum atomic E-state index is 13.1. The van der Waals surface area contributed by atoms with Crippen molar-refractivity contribution >= 4 is 69.1 Å². The Morgan fingerprint density at radius 2 is 1.83 bits per heavy atom. The van der Waals surface area contributed by atoms with Crippen molar-refractivity contribution in [1.82, 2.24) is 10.3 Å². The van der Waals surface area contributed by atoms with Crippen molar-refractivity contribution in [3.63, 3.8) is 0 Å². The summed E-state index contributed by atoms with van der Waals surface area (Å²) >= 11 is 4.19. The van der Waals surface area contributed by atoms with Crippen LogP contribution in [0.4, 0.5) is 10.8 Å². The molecule has 4 aromatic rings. The van der Waals surface area contributed by atoms with Crippen LogP contribution < -0.4 is 16.0 Å². The number of anilines is 2. The lowest BCUT2D eigenvalue weighted by atomic mass is 10.2. The first-order valence-electron chi connectivity index (χ1n) is 10.4. The standard InChI is InChI=1S/C25H20N4O3S3/c30-22(29-25-26-10-12-34-25)16-35-20-8-4-7-19(14-20)27-24(32)21(13-17-9-11-33-15-17)28-23(31)18-5-2-1-3-6-18/h1-15H,16H2,(H,27,32)(H,28,31)(H,26,29,30)/b21-13-. The van der Waals surface area contributed by atoms with Gasteiger partial charge in [-0.15, -0.1) is 23.1 Å². The predicted molar refractivity (Wildman–Crippen MR) is 143 cm³/mol. The number of aromatic nitrogens is 1. The monoisotopic (exact) mass is 520 g/mol. The number of nitrogens with one attached hydrogen (secondary N) is 3. The minimum Gasteiger partial charge on any atom is -0.321 e. The van der Waals surface area contributed by atoms with Crippen LogP contribution in [0.5, 0.6) is 0 Å². The lowest BCUT2D eigenvalue weighted by Gasteiger charge is -2.12. The summed E-state index contributed by atoms with van der Waals surface area (Å²) in [5.41, 5.74) is 1.93. The quantitative estimate of drug-likeness (QED) is 0.204. The molecule has 0 fully saturated rings. The number of hydrogen-bond acceptors (Lipinski definition) is 7. The second-order valence-corrected chi connectivity index (χ2v) is 9.81. The molecule has 2 heterocycles. The molecule has 0 unspecified atom stereocenters. The summed E-state index contributed by atoms with van der Waals surface area (Å²) in [6, 6.07) is 17.7. The second-order valence-electron chi connectivity index (χ2n) is 7.09. The van der Waals surface area contributed by atoms with Crippen LogP contribution in [0.15, 0.2) is 93.6 Å². The molecule has 0 saturated carbocycles. The number of thiazole rings is 1. The number of rotatable bonds is 9. The van der Waals surface area contributed by atoms with Crippen molar-refractivity contribution in [2.45, 2.75) is 4.90 Å². The molecule has 3 N–H and O–H groups in total. The minimum absolute atomic E-state index is 0.123. The average molecular weight is 521 g/mol. The van der Waals surface area contributed by atoms with E-state index in [0.717, 1.165) is 10.5 Å². The molecule has 0 aliphatic rings. The Labute approximate surface area is 214 Å². The number of carbonyl (C=O) groups is 3. The van der Waals surface area contributed by atoms with Crippen molar-refractivity contribution in [3.05, 3.63) is 99.8 Å². The largest absolute Gasteiger partial charge is 0.321 e. The van der Waals surface area contributed by atoms with E-state index < -0.39 is 5.91 Å². The van der Waals surface area contributed by atoms with E-state index in [4.69, 9.17) is 0 Å². The fraction of sp³-hybridized carbons (Fsp3) is 0.0400. The third-order valence-corrected chi connectivity index (χ3v) is 6.91.